The summed E-state index contributed by atoms with van der Waals surface area (Å²) in [5.74, 6) is 0.181. The van der Waals surface area contributed by atoms with Crippen LogP contribution in [0.4, 0.5) is 0 Å². The van der Waals surface area contributed by atoms with E-state index >= 15 is 0 Å². The lowest BCUT2D eigenvalue weighted by molar-refractivity contribution is -0.135. The Morgan fingerprint density at radius 3 is 3.16 bits per heavy atom. The third-order valence-corrected chi connectivity index (χ3v) is 3.31. The lowest BCUT2D eigenvalue weighted by atomic mass is 10.1. The second kappa shape index (κ2) is 7.23. The molecule has 1 aromatic heterocycles. The predicted octanol–water partition coefficient (Wildman–Crippen LogP) is 1.09. The van der Waals surface area contributed by atoms with Gasteiger partial charge in [0.1, 0.15) is 12.7 Å². The second-order valence-electron chi connectivity index (χ2n) is 4.88. The largest absolute Gasteiger partial charge is 0.376 e. The molecule has 0 unspecified atom stereocenters. The molecule has 0 radical (unpaired) electrons. The fourth-order valence-corrected chi connectivity index (χ4v) is 2.30. The number of hydrogen-bond acceptors (Lipinski definition) is 4. The first-order valence-corrected chi connectivity index (χ1v) is 7.01. The summed E-state index contributed by atoms with van der Waals surface area (Å²) >= 11 is 0. The lowest BCUT2D eigenvalue weighted by Gasteiger charge is -2.32. The second-order valence-corrected chi connectivity index (χ2v) is 4.88. The number of amides is 1. The van der Waals surface area contributed by atoms with Gasteiger partial charge >= 0.3 is 0 Å². The van der Waals surface area contributed by atoms with Crippen LogP contribution in [-0.4, -0.2) is 51.4 Å². The van der Waals surface area contributed by atoms with E-state index in [1.165, 1.54) is 6.33 Å². The predicted molar refractivity (Wildman–Crippen MR) is 70.5 cm³/mol. The molecule has 2 rings (SSSR count). The van der Waals surface area contributed by atoms with E-state index < -0.39 is 0 Å². The van der Waals surface area contributed by atoms with Crippen LogP contribution in [0.1, 0.15) is 32.6 Å². The van der Waals surface area contributed by atoms with Crippen LogP contribution in [0.25, 0.3) is 0 Å². The molecule has 1 aromatic rings. The Balaban J connectivity index is 1.75. The number of hydrogen-bond donors (Lipinski definition) is 0. The van der Waals surface area contributed by atoms with Crippen molar-refractivity contribution in [3.8, 4) is 0 Å². The van der Waals surface area contributed by atoms with E-state index in [1.54, 1.807) is 11.0 Å². The third kappa shape index (κ3) is 4.31. The van der Waals surface area contributed by atoms with E-state index in [1.807, 2.05) is 4.90 Å². The zero-order valence-electron chi connectivity index (χ0n) is 11.5. The fraction of sp³-hybridized carbons (Fsp3) is 0.769. The number of aromatic nitrogens is 3. The average Bonchev–Trinajstić information content (AvgIpc) is 2.96. The molecule has 2 heterocycles. The lowest BCUT2D eigenvalue weighted by Crippen LogP contribution is -2.43. The summed E-state index contributed by atoms with van der Waals surface area (Å²) in [5, 5.41) is 4.00. The van der Waals surface area contributed by atoms with Gasteiger partial charge in [0, 0.05) is 26.1 Å². The van der Waals surface area contributed by atoms with Gasteiger partial charge in [-0.3, -0.25) is 9.48 Å². The van der Waals surface area contributed by atoms with Crippen molar-refractivity contribution in [2.24, 2.45) is 0 Å². The third-order valence-electron chi connectivity index (χ3n) is 3.31. The van der Waals surface area contributed by atoms with E-state index in [0.717, 1.165) is 39.0 Å². The molecule has 1 atom stereocenters. The van der Waals surface area contributed by atoms with Gasteiger partial charge in [0.05, 0.1) is 12.6 Å². The van der Waals surface area contributed by atoms with Crippen LogP contribution in [0, 0.1) is 0 Å². The van der Waals surface area contributed by atoms with Crippen LogP contribution in [0.15, 0.2) is 12.7 Å². The van der Waals surface area contributed by atoms with Gasteiger partial charge in [-0.2, -0.15) is 5.10 Å². The summed E-state index contributed by atoms with van der Waals surface area (Å²) in [5.41, 5.74) is 0. The van der Waals surface area contributed by atoms with Gasteiger partial charge in [-0.1, -0.05) is 6.92 Å². The zero-order chi connectivity index (χ0) is 13.5. The van der Waals surface area contributed by atoms with Crippen LogP contribution < -0.4 is 0 Å². The van der Waals surface area contributed by atoms with Gasteiger partial charge in [-0.15, -0.1) is 0 Å². The maximum atomic E-state index is 12.1. The summed E-state index contributed by atoms with van der Waals surface area (Å²) < 4.78 is 7.43. The van der Waals surface area contributed by atoms with E-state index in [2.05, 4.69) is 17.0 Å². The van der Waals surface area contributed by atoms with Crippen molar-refractivity contribution >= 4 is 5.91 Å². The SMILES string of the molecule is CCCO[C@H]1CCCN(C(=O)CCn2cncn2)C1. The number of piperidine rings is 1. The normalized spacial score (nSPS) is 19.6. The number of likely N-dealkylation sites (tertiary alicyclic amines) is 1. The van der Waals surface area contributed by atoms with E-state index in [9.17, 15) is 4.79 Å². The van der Waals surface area contributed by atoms with Crippen molar-refractivity contribution in [3.05, 3.63) is 12.7 Å². The van der Waals surface area contributed by atoms with Crippen molar-refractivity contribution in [2.75, 3.05) is 19.7 Å². The Kier molecular flexibility index (Phi) is 5.32. The van der Waals surface area contributed by atoms with Crippen molar-refractivity contribution in [1.29, 1.82) is 0 Å². The number of ether oxygens (including phenoxy) is 1. The van der Waals surface area contributed by atoms with Crippen LogP contribution >= 0.6 is 0 Å². The van der Waals surface area contributed by atoms with Crippen molar-refractivity contribution in [1.82, 2.24) is 19.7 Å². The maximum Gasteiger partial charge on any atom is 0.224 e. The number of rotatable bonds is 6. The topological polar surface area (TPSA) is 60.2 Å². The Morgan fingerprint density at radius 1 is 1.53 bits per heavy atom. The first-order valence-electron chi connectivity index (χ1n) is 7.01. The molecule has 0 aliphatic carbocycles. The molecule has 0 spiro atoms. The van der Waals surface area contributed by atoms with Gasteiger partial charge in [0.25, 0.3) is 0 Å². The van der Waals surface area contributed by atoms with Gasteiger partial charge in [-0.05, 0) is 19.3 Å². The van der Waals surface area contributed by atoms with E-state index in [4.69, 9.17) is 4.74 Å². The quantitative estimate of drug-likeness (QED) is 0.773. The molecular weight excluding hydrogens is 244 g/mol. The van der Waals surface area contributed by atoms with Crippen LogP contribution in [0.2, 0.25) is 0 Å². The molecule has 106 valence electrons. The molecule has 1 aliphatic rings. The summed E-state index contributed by atoms with van der Waals surface area (Å²) in [4.78, 5) is 17.9. The molecule has 0 saturated carbocycles. The molecule has 6 nitrogen and oxygen atoms in total. The average molecular weight is 266 g/mol. The number of aryl methyl sites for hydroxylation is 1. The van der Waals surface area contributed by atoms with Gasteiger partial charge in [0.15, 0.2) is 0 Å². The standard InChI is InChI=1S/C13H22N4O2/c1-2-8-19-12-4-3-6-16(9-12)13(18)5-7-17-11-14-10-15-17/h10-12H,2-9H2,1H3/t12-/m0/s1. The van der Waals surface area contributed by atoms with Crippen LogP contribution in [-0.2, 0) is 16.1 Å². The number of carbonyl (C=O) groups excluding carboxylic acids is 1. The fourth-order valence-electron chi connectivity index (χ4n) is 2.30. The highest BCUT2D eigenvalue weighted by Gasteiger charge is 2.23. The van der Waals surface area contributed by atoms with Crippen LogP contribution in [0.5, 0.6) is 0 Å². The first kappa shape index (κ1) is 14.0. The van der Waals surface area contributed by atoms with Gasteiger partial charge < -0.3 is 9.64 Å². The number of carbonyl (C=O) groups is 1. The zero-order valence-corrected chi connectivity index (χ0v) is 11.5. The van der Waals surface area contributed by atoms with Gasteiger partial charge in [0.2, 0.25) is 5.91 Å². The highest BCUT2D eigenvalue weighted by Crippen LogP contribution is 2.14. The molecule has 0 aromatic carbocycles. The maximum absolute atomic E-state index is 12.1. The minimum atomic E-state index is 0.181. The summed E-state index contributed by atoms with van der Waals surface area (Å²) in [7, 11) is 0. The molecule has 1 aliphatic heterocycles. The Bertz CT molecular complexity index is 380. The minimum absolute atomic E-state index is 0.181. The Labute approximate surface area is 113 Å². The van der Waals surface area contributed by atoms with Gasteiger partial charge in [-0.25, -0.2) is 4.98 Å². The molecule has 19 heavy (non-hydrogen) atoms. The minimum Gasteiger partial charge on any atom is -0.376 e. The molecule has 1 amide bonds. The van der Waals surface area contributed by atoms with E-state index in [0.29, 0.717) is 13.0 Å². The first-order chi connectivity index (χ1) is 9.29. The van der Waals surface area contributed by atoms with E-state index in [-0.39, 0.29) is 12.0 Å². The van der Waals surface area contributed by atoms with Crippen molar-refractivity contribution in [3.63, 3.8) is 0 Å². The monoisotopic (exact) mass is 266 g/mol. The molecule has 1 fully saturated rings. The van der Waals surface area contributed by atoms with Crippen molar-refractivity contribution in [2.45, 2.75) is 45.3 Å². The summed E-state index contributed by atoms with van der Waals surface area (Å²) in [6.45, 7) is 5.06. The molecular formula is C13H22N4O2. The molecule has 0 N–H and O–H groups in total. The smallest absolute Gasteiger partial charge is 0.224 e. The number of nitrogens with zero attached hydrogens (tertiary/aromatic N) is 4. The highest BCUT2D eigenvalue weighted by atomic mass is 16.5. The highest BCUT2D eigenvalue weighted by molar-refractivity contribution is 5.76. The molecule has 0 bridgehead atoms. The molecule has 6 heteroatoms. The Hall–Kier alpha value is -1.43. The molecule has 1 saturated heterocycles. The van der Waals surface area contributed by atoms with Crippen LogP contribution in [0.3, 0.4) is 0 Å². The summed E-state index contributed by atoms with van der Waals surface area (Å²) in [6.07, 6.45) is 6.93. The van der Waals surface area contributed by atoms with Crippen molar-refractivity contribution < 1.29 is 9.53 Å². The Morgan fingerprint density at radius 2 is 2.42 bits per heavy atom. The summed E-state index contributed by atoms with van der Waals surface area (Å²) in [6, 6.07) is 0.